The van der Waals surface area contributed by atoms with Gasteiger partial charge < -0.3 is 4.90 Å². The van der Waals surface area contributed by atoms with Crippen LogP contribution in [0.1, 0.15) is 12.8 Å². The van der Waals surface area contributed by atoms with E-state index < -0.39 is 0 Å². The van der Waals surface area contributed by atoms with Gasteiger partial charge in [-0.3, -0.25) is 0 Å². The van der Waals surface area contributed by atoms with E-state index >= 15 is 0 Å². The number of hydrogen-bond acceptors (Lipinski definition) is 3. The quantitative estimate of drug-likeness (QED) is 0.746. The van der Waals surface area contributed by atoms with Crippen molar-refractivity contribution in [1.82, 2.24) is 9.97 Å². The minimum Gasteiger partial charge on any atom is -0.341 e. The molecule has 1 aliphatic rings. The highest BCUT2D eigenvalue weighted by Crippen LogP contribution is 2.29. The molecular weight excluding hydrogens is 289 g/mol. The Kier molecular flexibility index (Phi) is 3.14. The molecule has 6 heteroatoms. The maximum Gasteiger partial charge on any atom is 0.228 e. The van der Waals surface area contributed by atoms with Gasteiger partial charge in [0.25, 0.3) is 0 Å². The lowest BCUT2D eigenvalue weighted by Crippen LogP contribution is -2.20. The number of aromatic nitrogens is 2. The molecule has 0 N–H and O–H groups in total. The van der Waals surface area contributed by atoms with Crippen LogP contribution in [0.4, 0.5) is 5.95 Å². The van der Waals surface area contributed by atoms with Crippen molar-refractivity contribution in [2.24, 2.45) is 0 Å². The van der Waals surface area contributed by atoms with E-state index in [2.05, 4.69) is 30.8 Å². The van der Waals surface area contributed by atoms with Crippen LogP contribution in [-0.2, 0) is 0 Å². The largest absolute Gasteiger partial charge is 0.341 e. The molecule has 3 nitrogen and oxygen atoms in total. The summed E-state index contributed by atoms with van der Waals surface area (Å²) in [6, 6.07) is 0. The van der Waals surface area contributed by atoms with Crippen molar-refractivity contribution in [2.75, 3.05) is 18.0 Å². The molecule has 1 aliphatic heterocycles. The first-order valence-corrected chi connectivity index (χ1v) is 5.87. The van der Waals surface area contributed by atoms with Crippen LogP contribution in [0.25, 0.3) is 0 Å². The third-order valence-corrected chi connectivity index (χ3v) is 3.90. The van der Waals surface area contributed by atoms with Gasteiger partial charge in [-0.05, 0) is 28.8 Å². The van der Waals surface area contributed by atoms with Crippen LogP contribution in [0, 0.1) is 0 Å². The third-order valence-electron chi connectivity index (χ3n) is 2.15. The highest BCUT2D eigenvalue weighted by atomic mass is 79.9. The zero-order valence-electron chi connectivity index (χ0n) is 7.30. The zero-order valence-corrected chi connectivity index (χ0v) is 10.4. The molecule has 0 spiro atoms. The predicted octanol–water partition coefficient (Wildman–Crippen LogP) is 3.15. The molecule has 0 bridgehead atoms. The fourth-order valence-corrected chi connectivity index (χ4v) is 2.00. The average molecular weight is 297 g/mol. The van der Waals surface area contributed by atoms with E-state index in [1.807, 2.05) is 0 Å². The predicted molar refractivity (Wildman–Crippen MR) is 61.2 cm³/mol. The summed E-state index contributed by atoms with van der Waals surface area (Å²) in [4.78, 5) is 10.4. The minimum absolute atomic E-state index is 0.368. The molecule has 0 aromatic carbocycles. The van der Waals surface area contributed by atoms with Crippen LogP contribution in [0.5, 0.6) is 0 Å². The summed E-state index contributed by atoms with van der Waals surface area (Å²) in [6.45, 7) is 1.96. The molecule has 0 amide bonds. The molecule has 0 saturated carbocycles. The fourth-order valence-electron chi connectivity index (χ4n) is 1.44. The van der Waals surface area contributed by atoms with Gasteiger partial charge in [-0.15, -0.1) is 0 Å². The lowest BCUT2D eigenvalue weighted by atomic mass is 10.4. The summed E-state index contributed by atoms with van der Waals surface area (Å²) in [5.41, 5.74) is 0. The lowest BCUT2D eigenvalue weighted by molar-refractivity contribution is 0.896. The maximum atomic E-state index is 5.89. The summed E-state index contributed by atoms with van der Waals surface area (Å²) < 4.78 is 0.559. The average Bonchev–Trinajstić information content (AvgIpc) is 2.66. The Morgan fingerprint density at radius 3 is 2.07 bits per heavy atom. The first kappa shape index (κ1) is 10.5. The molecule has 76 valence electrons. The highest BCUT2D eigenvalue weighted by Gasteiger charge is 2.17. The monoisotopic (exact) mass is 295 g/mol. The zero-order chi connectivity index (χ0) is 10.1. The van der Waals surface area contributed by atoms with Crippen molar-refractivity contribution in [1.29, 1.82) is 0 Å². The first-order chi connectivity index (χ1) is 6.68. The van der Waals surface area contributed by atoms with Crippen molar-refractivity contribution < 1.29 is 0 Å². The lowest BCUT2D eigenvalue weighted by Gasteiger charge is -2.15. The molecule has 0 atom stereocenters. The number of nitrogens with zero attached hydrogens (tertiary/aromatic N) is 3. The van der Waals surface area contributed by atoms with E-state index in [1.165, 1.54) is 12.8 Å². The number of hydrogen-bond donors (Lipinski definition) is 0. The number of halogens is 3. The minimum atomic E-state index is 0.368. The van der Waals surface area contributed by atoms with E-state index in [0.29, 0.717) is 20.7 Å². The molecule has 0 unspecified atom stereocenters. The Balaban J connectivity index is 2.34. The standard InChI is InChI=1S/C8H8BrCl2N3/c9-5-6(10)12-8(13-7(5)11)14-3-1-2-4-14/h1-4H2. The second-order valence-corrected chi connectivity index (χ2v) is 4.62. The molecule has 0 aliphatic carbocycles. The number of anilines is 1. The molecule has 2 heterocycles. The van der Waals surface area contributed by atoms with Gasteiger partial charge in [0.15, 0.2) is 0 Å². The Labute approximate surface area is 101 Å². The van der Waals surface area contributed by atoms with Gasteiger partial charge in [0, 0.05) is 13.1 Å². The van der Waals surface area contributed by atoms with E-state index in [-0.39, 0.29) is 0 Å². The summed E-state index contributed by atoms with van der Waals surface area (Å²) in [6.07, 6.45) is 2.35. The summed E-state index contributed by atoms with van der Waals surface area (Å²) in [5.74, 6) is 0.626. The smallest absolute Gasteiger partial charge is 0.228 e. The SMILES string of the molecule is Clc1nc(N2CCCC2)nc(Cl)c1Br. The molecule has 2 rings (SSSR count). The Bertz CT molecular complexity index is 329. The summed E-state index contributed by atoms with van der Waals surface area (Å²) >= 11 is 15.0. The Morgan fingerprint density at radius 1 is 1.07 bits per heavy atom. The van der Waals surface area contributed by atoms with Crippen molar-refractivity contribution in [3.05, 3.63) is 14.8 Å². The van der Waals surface area contributed by atoms with Gasteiger partial charge in [0.05, 0.1) is 4.47 Å². The molecule has 0 radical (unpaired) electrons. The van der Waals surface area contributed by atoms with Crippen molar-refractivity contribution in [2.45, 2.75) is 12.8 Å². The maximum absolute atomic E-state index is 5.89. The van der Waals surface area contributed by atoms with E-state index in [0.717, 1.165) is 13.1 Å². The Morgan fingerprint density at radius 2 is 1.57 bits per heavy atom. The van der Waals surface area contributed by atoms with Gasteiger partial charge in [-0.25, -0.2) is 0 Å². The first-order valence-electron chi connectivity index (χ1n) is 4.32. The van der Waals surface area contributed by atoms with Crippen molar-refractivity contribution in [3.63, 3.8) is 0 Å². The van der Waals surface area contributed by atoms with Crippen LogP contribution in [0.3, 0.4) is 0 Å². The Hall–Kier alpha value is -0.0600. The molecule has 14 heavy (non-hydrogen) atoms. The van der Waals surface area contributed by atoms with E-state index in [4.69, 9.17) is 23.2 Å². The van der Waals surface area contributed by atoms with Crippen LogP contribution >= 0.6 is 39.1 Å². The topological polar surface area (TPSA) is 29.0 Å². The fraction of sp³-hybridized carbons (Fsp3) is 0.500. The van der Waals surface area contributed by atoms with Crippen LogP contribution in [0.2, 0.25) is 10.3 Å². The molecule has 1 aromatic heterocycles. The highest BCUT2D eigenvalue weighted by molar-refractivity contribution is 9.10. The van der Waals surface area contributed by atoms with Gasteiger partial charge in [-0.1, -0.05) is 23.2 Å². The van der Waals surface area contributed by atoms with Crippen LogP contribution < -0.4 is 4.90 Å². The molecular formula is C8H8BrCl2N3. The van der Waals surface area contributed by atoms with Gasteiger partial charge >= 0.3 is 0 Å². The van der Waals surface area contributed by atoms with Gasteiger partial charge in [0.2, 0.25) is 5.95 Å². The second-order valence-electron chi connectivity index (χ2n) is 3.11. The van der Waals surface area contributed by atoms with Crippen molar-refractivity contribution >= 4 is 45.1 Å². The number of rotatable bonds is 1. The van der Waals surface area contributed by atoms with Crippen molar-refractivity contribution in [3.8, 4) is 0 Å². The second kappa shape index (κ2) is 4.21. The normalized spacial score (nSPS) is 16.4. The molecule has 1 fully saturated rings. The van der Waals surface area contributed by atoms with Crippen LogP contribution in [0.15, 0.2) is 4.47 Å². The summed E-state index contributed by atoms with van der Waals surface area (Å²) in [5, 5.41) is 0.735. The third kappa shape index (κ3) is 1.97. The molecule has 1 saturated heterocycles. The van der Waals surface area contributed by atoms with E-state index in [9.17, 15) is 0 Å². The van der Waals surface area contributed by atoms with E-state index in [1.54, 1.807) is 0 Å². The molecule has 1 aromatic rings. The summed E-state index contributed by atoms with van der Waals surface area (Å²) in [7, 11) is 0. The van der Waals surface area contributed by atoms with Gasteiger partial charge in [-0.2, -0.15) is 9.97 Å². The van der Waals surface area contributed by atoms with Gasteiger partial charge in [0.1, 0.15) is 10.3 Å². The van der Waals surface area contributed by atoms with Crippen LogP contribution in [-0.4, -0.2) is 23.1 Å².